The van der Waals surface area contributed by atoms with Crippen LogP contribution in [0.15, 0.2) is 6.07 Å². The van der Waals surface area contributed by atoms with Crippen molar-refractivity contribution in [1.29, 1.82) is 0 Å². The zero-order valence-electron chi connectivity index (χ0n) is 12.7. The van der Waals surface area contributed by atoms with E-state index in [1.807, 2.05) is 11.7 Å². The average molecular weight is 249 g/mol. The summed E-state index contributed by atoms with van der Waals surface area (Å²) < 4.78 is 1.93. The zero-order chi connectivity index (χ0) is 13.6. The number of hydrogen-bond acceptors (Lipinski definition) is 2. The van der Waals surface area contributed by atoms with Crippen molar-refractivity contribution in [2.45, 2.75) is 59.9 Å². The summed E-state index contributed by atoms with van der Waals surface area (Å²) in [4.78, 5) is 0. The van der Waals surface area contributed by atoms with E-state index in [1.54, 1.807) is 0 Å². The lowest BCUT2D eigenvalue weighted by Gasteiger charge is -2.45. The van der Waals surface area contributed by atoms with Crippen LogP contribution >= 0.6 is 0 Å². The van der Waals surface area contributed by atoms with Crippen LogP contribution in [0.25, 0.3) is 0 Å². The van der Waals surface area contributed by atoms with Gasteiger partial charge in [-0.1, -0.05) is 27.7 Å². The summed E-state index contributed by atoms with van der Waals surface area (Å²) in [6, 6.07) is 2.67. The van der Waals surface area contributed by atoms with Crippen LogP contribution in [-0.4, -0.2) is 15.8 Å². The molecule has 102 valence electrons. The summed E-state index contributed by atoms with van der Waals surface area (Å²) >= 11 is 0. The van der Waals surface area contributed by atoms with E-state index in [9.17, 15) is 0 Å². The Hall–Kier alpha value is -0.990. The van der Waals surface area contributed by atoms with Gasteiger partial charge in [0.25, 0.3) is 0 Å². The number of hydrogen-bond donors (Lipinski definition) is 1. The third-order valence-corrected chi connectivity index (χ3v) is 4.02. The second-order valence-corrected chi connectivity index (χ2v) is 7.55. The van der Waals surface area contributed by atoms with Crippen LogP contribution in [0.1, 0.15) is 52.7 Å². The molecule has 0 radical (unpaired) electrons. The van der Waals surface area contributed by atoms with Crippen LogP contribution in [0.2, 0.25) is 0 Å². The highest BCUT2D eigenvalue weighted by Gasteiger charge is 2.38. The Bertz CT molecular complexity index is 393. The normalized spacial score (nSPS) is 23.0. The molecule has 1 fully saturated rings. The van der Waals surface area contributed by atoms with Crippen molar-refractivity contribution < 1.29 is 0 Å². The maximum absolute atomic E-state index is 4.51. The number of nitrogens with zero attached hydrogens (tertiary/aromatic N) is 2. The molecule has 0 aliphatic heterocycles. The molecule has 0 amide bonds. The van der Waals surface area contributed by atoms with Gasteiger partial charge in [0.2, 0.25) is 0 Å². The summed E-state index contributed by atoms with van der Waals surface area (Å²) in [7, 11) is 2.00. The van der Waals surface area contributed by atoms with E-state index in [4.69, 9.17) is 0 Å². The standard InChI is InChI=1S/C15H27N3/c1-11-7-13(17-18(11)6)16-12-8-14(2,3)10-15(4,5)9-12/h7,12H,8-10H2,1-6H3,(H,16,17). The fourth-order valence-electron chi connectivity index (χ4n) is 3.79. The van der Waals surface area contributed by atoms with Gasteiger partial charge < -0.3 is 5.32 Å². The molecule has 0 atom stereocenters. The van der Waals surface area contributed by atoms with Gasteiger partial charge >= 0.3 is 0 Å². The molecule has 1 aromatic heterocycles. The van der Waals surface area contributed by atoms with Gasteiger partial charge in [-0.25, -0.2) is 0 Å². The minimum absolute atomic E-state index is 0.420. The van der Waals surface area contributed by atoms with Gasteiger partial charge in [0.15, 0.2) is 0 Å². The smallest absolute Gasteiger partial charge is 0.148 e. The first-order valence-corrected chi connectivity index (χ1v) is 6.94. The average Bonchev–Trinajstić information content (AvgIpc) is 2.39. The van der Waals surface area contributed by atoms with Crippen LogP contribution < -0.4 is 5.32 Å². The number of rotatable bonds is 2. The Labute approximate surface area is 111 Å². The number of anilines is 1. The lowest BCUT2D eigenvalue weighted by molar-refractivity contribution is 0.105. The zero-order valence-corrected chi connectivity index (χ0v) is 12.7. The summed E-state index contributed by atoms with van der Waals surface area (Å²) in [6.45, 7) is 11.6. The Morgan fingerprint density at radius 2 is 1.78 bits per heavy atom. The van der Waals surface area contributed by atoms with Crippen molar-refractivity contribution in [2.24, 2.45) is 17.9 Å². The fraction of sp³-hybridized carbons (Fsp3) is 0.800. The third kappa shape index (κ3) is 3.06. The van der Waals surface area contributed by atoms with Crippen LogP contribution in [0, 0.1) is 17.8 Å². The molecule has 3 heteroatoms. The SMILES string of the molecule is Cc1cc(NC2CC(C)(C)CC(C)(C)C2)nn1C. The molecule has 1 aliphatic carbocycles. The number of aryl methyl sites for hydroxylation is 2. The summed E-state index contributed by atoms with van der Waals surface area (Å²) in [5.41, 5.74) is 2.04. The van der Waals surface area contributed by atoms with Crippen molar-refractivity contribution in [3.8, 4) is 0 Å². The number of aromatic nitrogens is 2. The van der Waals surface area contributed by atoms with Gasteiger partial charge in [-0.2, -0.15) is 5.10 Å². The topological polar surface area (TPSA) is 29.9 Å². The summed E-state index contributed by atoms with van der Waals surface area (Å²) in [5, 5.41) is 8.13. The van der Waals surface area contributed by atoms with Gasteiger partial charge in [-0.05, 0) is 37.0 Å². The van der Waals surface area contributed by atoms with E-state index >= 15 is 0 Å². The van der Waals surface area contributed by atoms with Gasteiger partial charge in [-0.3, -0.25) is 4.68 Å². The van der Waals surface area contributed by atoms with E-state index in [0.29, 0.717) is 16.9 Å². The minimum atomic E-state index is 0.420. The minimum Gasteiger partial charge on any atom is -0.366 e. The van der Waals surface area contributed by atoms with Crippen LogP contribution in [-0.2, 0) is 7.05 Å². The highest BCUT2D eigenvalue weighted by molar-refractivity contribution is 5.37. The summed E-state index contributed by atoms with van der Waals surface area (Å²) in [5.74, 6) is 1.02. The highest BCUT2D eigenvalue weighted by atomic mass is 15.3. The maximum Gasteiger partial charge on any atom is 0.148 e. The molecule has 0 spiro atoms. The van der Waals surface area contributed by atoms with E-state index in [1.165, 1.54) is 25.0 Å². The molecule has 1 heterocycles. The molecular weight excluding hydrogens is 222 g/mol. The maximum atomic E-state index is 4.51. The highest BCUT2D eigenvalue weighted by Crippen LogP contribution is 2.46. The van der Waals surface area contributed by atoms with Crippen LogP contribution in [0.5, 0.6) is 0 Å². The predicted octanol–water partition coefficient (Wildman–Crippen LogP) is 3.75. The lowest BCUT2D eigenvalue weighted by atomic mass is 9.63. The van der Waals surface area contributed by atoms with E-state index in [-0.39, 0.29) is 0 Å². The molecule has 1 N–H and O–H groups in total. The number of nitrogens with one attached hydrogen (secondary N) is 1. The molecule has 1 aliphatic rings. The van der Waals surface area contributed by atoms with Crippen LogP contribution in [0.3, 0.4) is 0 Å². The first-order valence-electron chi connectivity index (χ1n) is 6.94. The Morgan fingerprint density at radius 1 is 1.22 bits per heavy atom. The molecule has 0 aromatic carbocycles. The molecule has 0 unspecified atom stereocenters. The largest absolute Gasteiger partial charge is 0.366 e. The molecule has 0 bridgehead atoms. The molecular formula is C15H27N3. The van der Waals surface area contributed by atoms with Gasteiger partial charge in [-0.15, -0.1) is 0 Å². The van der Waals surface area contributed by atoms with E-state index in [2.05, 4.69) is 51.1 Å². The Morgan fingerprint density at radius 3 is 2.22 bits per heavy atom. The van der Waals surface area contributed by atoms with Crippen molar-refractivity contribution in [2.75, 3.05) is 5.32 Å². The molecule has 2 rings (SSSR count). The molecule has 1 saturated carbocycles. The Kier molecular flexibility index (Phi) is 3.20. The Balaban J connectivity index is 2.09. The fourth-order valence-corrected chi connectivity index (χ4v) is 3.79. The first kappa shape index (κ1) is 13.4. The monoisotopic (exact) mass is 249 g/mol. The summed E-state index contributed by atoms with van der Waals surface area (Å²) in [6.07, 6.45) is 3.76. The lowest BCUT2D eigenvalue weighted by Crippen LogP contribution is -2.40. The van der Waals surface area contributed by atoms with E-state index < -0.39 is 0 Å². The molecule has 3 nitrogen and oxygen atoms in total. The van der Waals surface area contributed by atoms with E-state index in [0.717, 1.165) is 5.82 Å². The van der Waals surface area contributed by atoms with Crippen molar-refractivity contribution in [3.05, 3.63) is 11.8 Å². The molecule has 0 saturated heterocycles. The van der Waals surface area contributed by atoms with Gasteiger partial charge in [0.05, 0.1) is 0 Å². The predicted molar refractivity (Wildman–Crippen MR) is 76.8 cm³/mol. The van der Waals surface area contributed by atoms with Gasteiger partial charge in [0.1, 0.15) is 5.82 Å². The second kappa shape index (κ2) is 4.29. The van der Waals surface area contributed by atoms with Crippen molar-refractivity contribution in [3.63, 3.8) is 0 Å². The van der Waals surface area contributed by atoms with Crippen LogP contribution in [0.4, 0.5) is 5.82 Å². The van der Waals surface area contributed by atoms with Crippen molar-refractivity contribution >= 4 is 5.82 Å². The molecule has 1 aromatic rings. The second-order valence-electron chi connectivity index (χ2n) is 7.55. The van der Waals surface area contributed by atoms with Gasteiger partial charge in [0, 0.05) is 24.8 Å². The quantitative estimate of drug-likeness (QED) is 0.865. The van der Waals surface area contributed by atoms with Crippen molar-refractivity contribution in [1.82, 2.24) is 9.78 Å². The third-order valence-electron chi connectivity index (χ3n) is 4.02. The first-order chi connectivity index (χ1) is 8.17. The molecule has 18 heavy (non-hydrogen) atoms.